The van der Waals surface area contributed by atoms with Crippen LogP contribution in [-0.4, -0.2) is 25.4 Å². The van der Waals surface area contributed by atoms with E-state index < -0.39 is 12.4 Å². The standard InChI is InChI=1S/C18H18F3N3O3/c1-26-14-4-2-3-11(9-14)15-10-16(24-23-15)17(25)22-12-5-7-13(8-6-12)27-18(19,20)21/h2-9,15-16,23-24H,10H2,1H3,(H,22,25). The highest BCUT2D eigenvalue weighted by Crippen LogP contribution is 2.27. The summed E-state index contributed by atoms with van der Waals surface area (Å²) in [5.41, 5.74) is 7.35. The van der Waals surface area contributed by atoms with Gasteiger partial charge >= 0.3 is 6.36 Å². The van der Waals surface area contributed by atoms with E-state index >= 15 is 0 Å². The summed E-state index contributed by atoms with van der Waals surface area (Å²) in [5, 5.41) is 2.67. The molecule has 2 aromatic carbocycles. The molecule has 3 N–H and O–H groups in total. The van der Waals surface area contributed by atoms with Gasteiger partial charge in [0, 0.05) is 11.7 Å². The number of methoxy groups -OCH3 is 1. The molecule has 0 aliphatic carbocycles. The Bertz CT molecular complexity index is 796. The summed E-state index contributed by atoms with van der Waals surface area (Å²) < 4.78 is 45.5. The van der Waals surface area contributed by atoms with Crippen molar-refractivity contribution in [3.8, 4) is 11.5 Å². The van der Waals surface area contributed by atoms with Crippen LogP contribution in [0.15, 0.2) is 48.5 Å². The van der Waals surface area contributed by atoms with Crippen molar-refractivity contribution in [2.24, 2.45) is 0 Å². The third-order valence-electron chi connectivity index (χ3n) is 4.07. The van der Waals surface area contributed by atoms with Crippen molar-refractivity contribution < 1.29 is 27.4 Å². The van der Waals surface area contributed by atoms with Gasteiger partial charge in [0.1, 0.15) is 17.5 Å². The Labute approximate surface area is 153 Å². The number of carbonyl (C=O) groups is 1. The Morgan fingerprint density at radius 1 is 1.11 bits per heavy atom. The summed E-state index contributed by atoms with van der Waals surface area (Å²) in [7, 11) is 1.58. The van der Waals surface area contributed by atoms with Crippen molar-refractivity contribution >= 4 is 11.6 Å². The van der Waals surface area contributed by atoms with Crippen LogP contribution in [0.25, 0.3) is 0 Å². The minimum atomic E-state index is -4.75. The van der Waals surface area contributed by atoms with E-state index in [4.69, 9.17) is 4.74 Å². The lowest BCUT2D eigenvalue weighted by molar-refractivity contribution is -0.274. The Hall–Kier alpha value is -2.78. The molecule has 6 nitrogen and oxygen atoms in total. The highest BCUT2D eigenvalue weighted by atomic mass is 19.4. The van der Waals surface area contributed by atoms with Crippen LogP contribution in [0.5, 0.6) is 11.5 Å². The zero-order chi connectivity index (χ0) is 19.4. The van der Waals surface area contributed by atoms with Crippen LogP contribution in [0.1, 0.15) is 18.0 Å². The normalized spacial score (nSPS) is 19.6. The van der Waals surface area contributed by atoms with E-state index in [2.05, 4.69) is 20.9 Å². The van der Waals surface area contributed by atoms with Gasteiger partial charge in [-0.15, -0.1) is 13.2 Å². The number of rotatable bonds is 5. The van der Waals surface area contributed by atoms with Gasteiger partial charge in [-0.25, -0.2) is 10.9 Å². The molecule has 2 aromatic rings. The highest BCUT2D eigenvalue weighted by Gasteiger charge is 2.32. The average Bonchev–Trinajstić information content (AvgIpc) is 3.12. The molecule has 144 valence electrons. The summed E-state index contributed by atoms with van der Waals surface area (Å²) in [6.45, 7) is 0. The summed E-state index contributed by atoms with van der Waals surface area (Å²) in [6, 6.07) is 11.9. The summed E-state index contributed by atoms with van der Waals surface area (Å²) in [6.07, 6.45) is -4.24. The van der Waals surface area contributed by atoms with Gasteiger partial charge in [-0.05, 0) is 48.4 Å². The Morgan fingerprint density at radius 2 is 1.85 bits per heavy atom. The highest BCUT2D eigenvalue weighted by molar-refractivity contribution is 5.95. The number of hydrazine groups is 1. The maximum absolute atomic E-state index is 12.4. The second kappa shape index (κ2) is 7.85. The summed E-state index contributed by atoms with van der Waals surface area (Å²) in [5.74, 6) is 0.0833. The first kappa shape index (κ1) is 19.0. The lowest BCUT2D eigenvalue weighted by atomic mass is 10.0. The first-order valence-electron chi connectivity index (χ1n) is 8.16. The van der Waals surface area contributed by atoms with Crippen molar-refractivity contribution in [2.75, 3.05) is 12.4 Å². The van der Waals surface area contributed by atoms with Gasteiger partial charge in [0.05, 0.1) is 7.11 Å². The number of benzene rings is 2. The molecule has 1 fully saturated rings. The fraction of sp³-hybridized carbons (Fsp3) is 0.278. The predicted molar refractivity (Wildman–Crippen MR) is 92.2 cm³/mol. The van der Waals surface area contributed by atoms with Gasteiger partial charge < -0.3 is 14.8 Å². The van der Waals surface area contributed by atoms with Gasteiger partial charge in [0.2, 0.25) is 5.91 Å². The molecule has 2 atom stereocenters. The Morgan fingerprint density at radius 3 is 2.52 bits per heavy atom. The molecule has 1 heterocycles. The van der Waals surface area contributed by atoms with Gasteiger partial charge in [-0.1, -0.05) is 12.1 Å². The second-order valence-electron chi connectivity index (χ2n) is 5.97. The van der Waals surface area contributed by atoms with Crippen molar-refractivity contribution in [2.45, 2.75) is 24.9 Å². The molecule has 1 saturated heterocycles. The van der Waals surface area contributed by atoms with Crippen LogP contribution in [0.2, 0.25) is 0 Å². The van der Waals surface area contributed by atoms with Crippen LogP contribution in [-0.2, 0) is 4.79 Å². The van der Waals surface area contributed by atoms with Gasteiger partial charge in [0.15, 0.2) is 0 Å². The molecule has 1 amide bonds. The fourth-order valence-corrected chi connectivity index (χ4v) is 2.77. The number of halogens is 3. The number of amides is 1. The monoisotopic (exact) mass is 381 g/mol. The topological polar surface area (TPSA) is 71.6 Å². The van der Waals surface area contributed by atoms with E-state index in [1.54, 1.807) is 7.11 Å². The first-order valence-corrected chi connectivity index (χ1v) is 8.16. The molecular weight excluding hydrogens is 363 g/mol. The van der Waals surface area contributed by atoms with E-state index in [1.807, 2.05) is 24.3 Å². The molecular formula is C18H18F3N3O3. The zero-order valence-electron chi connectivity index (χ0n) is 14.3. The molecule has 27 heavy (non-hydrogen) atoms. The first-order chi connectivity index (χ1) is 12.8. The lowest BCUT2D eigenvalue weighted by Gasteiger charge is -2.12. The number of carbonyl (C=O) groups excluding carboxylic acids is 1. The third-order valence-corrected chi connectivity index (χ3v) is 4.07. The molecule has 0 bridgehead atoms. The number of hydrogen-bond acceptors (Lipinski definition) is 5. The van der Waals surface area contributed by atoms with Crippen molar-refractivity contribution in [1.82, 2.24) is 10.9 Å². The predicted octanol–water partition coefficient (Wildman–Crippen LogP) is 3.14. The van der Waals surface area contributed by atoms with Crippen molar-refractivity contribution in [1.29, 1.82) is 0 Å². The number of hydrogen-bond donors (Lipinski definition) is 3. The minimum Gasteiger partial charge on any atom is -0.497 e. The van der Waals surface area contributed by atoms with Gasteiger partial charge in [-0.2, -0.15) is 0 Å². The zero-order valence-corrected chi connectivity index (χ0v) is 14.3. The SMILES string of the molecule is COc1cccc(C2CC(C(=O)Nc3ccc(OC(F)(F)F)cc3)NN2)c1. The quantitative estimate of drug-likeness (QED) is 0.742. The Balaban J connectivity index is 1.57. The lowest BCUT2D eigenvalue weighted by Crippen LogP contribution is -2.39. The minimum absolute atomic E-state index is 0.0709. The van der Waals surface area contributed by atoms with Crippen LogP contribution in [0.4, 0.5) is 18.9 Å². The largest absolute Gasteiger partial charge is 0.573 e. The molecule has 0 aromatic heterocycles. The average molecular weight is 381 g/mol. The summed E-state index contributed by atoms with van der Waals surface area (Å²) in [4.78, 5) is 12.4. The van der Waals surface area contributed by atoms with E-state index in [9.17, 15) is 18.0 Å². The molecule has 1 aliphatic heterocycles. The van der Waals surface area contributed by atoms with Crippen LogP contribution < -0.4 is 25.6 Å². The van der Waals surface area contributed by atoms with Crippen molar-refractivity contribution in [3.05, 3.63) is 54.1 Å². The summed E-state index contributed by atoms with van der Waals surface area (Å²) >= 11 is 0. The van der Waals surface area contributed by atoms with Crippen LogP contribution in [0.3, 0.4) is 0 Å². The molecule has 1 aliphatic rings. The smallest absolute Gasteiger partial charge is 0.497 e. The molecule has 9 heteroatoms. The maximum Gasteiger partial charge on any atom is 0.573 e. The van der Waals surface area contributed by atoms with E-state index in [1.165, 1.54) is 12.1 Å². The van der Waals surface area contributed by atoms with E-state index in [0.29, 0.717) is 12.1 Å². The van der Waals surface area contributed by atoms with Crippen molar-refractivity contribution in [3.63, 3.8) is 0 Å². The van der Waals surface area contributed by atoms with Gasteiger partial charge in [-0.3, -0.25) is 4.79 Å². The molecule has 0 saturated carbocycles. The second-order valence-corrected chi connectivity index (χ2v) is 5.97. The molecule has 0 spiro atoms. The molecule has 3 rings (SSSR count). The number of nitrogens with one attached hydrogen (secondary N) is 3. The van der Waals surface area contributed by atoms with E-state index in [0.717, 1.165) is 23.4 Å². The molecule has 0 radical (unpaired) electrons. The molecule has 2 unspecified atom stereocenters. The fourth-order valence-electron chi connectivity index (χ4n) is 2.77. The van der Waals surface area contributed by atoms with Crippen LogP contribution in [0, 0.1) is 0 Å². The van der Waals surface area contributed by atoms with Gasteiger partial charge in [0.25, 0.3) is 0 Å². The number of ether oxygens (including phenoxy) is 2. The van der Waals surface area contributed by atoms with Crippen LogP contribution >= 0.6 is 0 Å². The Kier molecular flexibility index (Phi) is 5.52. The number of alkyl halides is 3. The maximum atomic E-state index is 12.4. The number of anilines is 1. The van der Waals surface area contributed by atoms with E-state index in [-0.39, 0.29) is 17.7 Å². The third kappa shape index (κ3) is 5.11.